The van der Waals surface area contributed by atoms with Crippen molar-refractivity contribution >= 4 is 11.9 Å². The molecule has 1 aromatic heterocycles. The second kappa shape index (κ2) is 8.15. The van der Waals surface area contributed by atoms with Crippen LogP contribution in [0.2, 0.25) is 0 Å². The maximum absolute atomic E-state index is 12.4. The van der Waals surface area contributed by atoms with Gasteiger partial charge in [0.2, 0.25) is 5.91 Å². The van der Waals surface area contributed by atoms with Crippen LogP contribution in [0.4, 0.5) is 13.2 Å². The number of carboxylic acids is 1. The van der Waals surface area contributed by atoms with Crippen molar-refractivity contribution in [2.45, 2.75) is 32.7 Å². The molecule has 0 aliphatic heterocycles. The Bertz CT molecular complexity index is 829. The summed E-state index contributed by atoms with van der Waals surface area (Å²) in [4.78, 5) is 24.6. The molecule has 2 rings (SSSR count). The Morgan fingerprint density at radius 2 is 1.93 bits per heavy atom. The fourth-order valence-corrected chi connectivity index (χ4v) is 2.52. The van der Waals surface area contributed by atoms with Crippen LogP contribution in [0.5, 0.6) is 5.75 Å². The molecule has 0 spiro atoms. The van der Waals surface area contributed by atoms with Gasteiger partial charge in [0.05, 0.1) is 6.54 Å². The predicted octanol–water partition coefficient (Wildman–Crippen LogP) is 3.78. The third kappa shape index (κ3) is 5.77. The maximum Gasteiger partial charge on any atom is 0.573 e. The van der Waals surface area contributed by atoms with Crippen LogP contribution in [-0.2, 0) is 17.8 Å². The minimum absolute atomic E-state index is 0.0177. The van der Waals surface area contributed by atoms with Crippen LogP contribution in [-0.4, -0.2) is 35.3 Å². The third-order valence-electron chi connectivity index (χ3n) is 3.82. The van der Waals surface area contributed by atoms with Gasteiger partial charge in [0.15, 0.2) is 0 Å². The van der Waals surface area contributed by atoms with Crippen molar-refractivity contribution in [2.24, 2.45) is 0 Å². The van der Waals surface area contributed by atoms with Crippen molar-refractivity contribution < 1.29 is 37.0 Å². The average molecular weight is 385 g/mol. The molecule has 1 aromatic carbocycles. The summed E-state index contributed by atoms with van der Waals surface area (Å²) in [5, 5.41) is 9.01. The zero-order valence-corrected chi connectivity index (χ0v) is 14.7. The summed E-state index contributed by atoms with van der Waals surface area (Å²) >= 11 is 0. The molecular formula is C18H18F3NO5. The molecule has 0 saturated carbocycles. The number of nitrogens with zero attached hydrogens (tertiary/aromatic N) is 1. The molecule has 2 aromatic rings. The van der Waals surface area contributed by atoms with E-state index in [0.29, 0.717) is 5.76 Å². The first-order valence-electron chi connectivity index (χ1n) is 7.97. The molecule has 0 aliphatic rings. The molecule has 146 valence electrons. The van der Waals surface area contributed by atoms with E-state index in [4.69, 9.17) is 9.52 Å². The monoisotopic (exact) mass is 385 g/mol. The van der Waals surface area contributed by atoms with E-state index in [9.17, 15) is 22.8 Å². The van der Waals surface area contributed by atoms with Gasteiger partial charge in [-0.3, -0.25) is 4.79 Å². The van der Waals surface area contributed by atoms with Crippen molar-refractivity contribution in [3.05, 3.63) is 53.0 Å². The highest BCUT2D eigenvalue weighted by Gasteiger charge is 2.32. The molecule has 0 saturated heterocycles. The predicted molar refractivity (Wildman–Crippen MR) is 88.3 cm³/mol. The lowest BCUT2D eigenvalue weighted by molar-refractivity contribution is -0.274. The third-order valence-corrected chi connectivity index (χ3v) is 3.82. The van der Waals surface area contributed by atoms with E-state index >= 15 is 0 Å². The molecule has 0 radical (unpaired) electrons. The summed E-state index contributed by atoms with van der Waals surface area (Å²) in [6.45, 7) is 1.56. The topological polar surface area (TPSA) is 80.0 Å². The number of para-hydroxylation sites is 1. The van der Waals surface area contributed by atoms with Crippen molar-refractivity contribution in [1.29, 1.82) is 0 Å². The normalized spacial score (nSPS) is 11.3. The second-order valence-electron chi connectivity index (χ2n) is 5.89. The lowest BCUT2D eigenvalue weighted by Crippen LogP contribution is -2.26. The van der Waals surface area contributed by atoms with E-state index in [-0.39, 0.29) is 47.9 Å². The molecular weight excluding hydrogens is 367 g/mol. The van der Waals surface area contributed by atoms with E-state index < -0.39 is 12.3 Å². The smallest absolute Gasteiger partial charge is 0.478 e. The van der Waals surface area contributed by atoms with Crippen LogP contribution in [0, 0.1) is 6.92 Å². The number of hydrogen-bond acceptors (Lipinski definition) is 4. The largest absolute Gasteiger partial charge is 0.573 e. The zero-order chi connectivity index (χ0) is 20.2. The number of amides is 1. The molecule has 27 heavy (non-hydrogen) atoms. The fraction of sp³-hybridized carbons (Fsp3) is 0.333. The first-order chi connectivity index (χ1) is 12.6. The van der Waals surface area contributed by atoms with Gasteiger partial charge in [-0.15, -0.1) is 13.2 Å². The van der Waals surface area contributed by atoms with Gasteiger partial charge in [-0.25, -0.2) is 4.79 Å². The Morgan fingerprint density at radius 1 is 1.26 bits per heavy atom. The zero-order valence-electron chi connectivity index (χ0n) is 14.7. The summed E-state index contributed by atoms with van der Waals surface area (Å²) < 4.78 is 46.6. The molecule has 1 heterocycles. The number of benzene rings is 1. The molecule has 6 nitrogen and oxygen atoms in total. The summed E-state index contributed by atoms with van der Waals surface area (Å²) in [5.74, 6) is -1.26. The van der Waals surface area contributed by atoms with E-state index in [0.717, 1.165) is 0 Å². The molecule has 9 heteroatoms. The fourth-order valence-electron chi connectivity index (χ4n) is 2.52. The number of aromatic carboxylic acids is 1. The average Bonchev–Trinajstić information content (AvgIpc) is 2.92. The number of hydrogen-bond donors (Lipinski definition) is 1. The van der Waals surface area contributed by atoms with E-state index in [2.05, 4.69) is 4.74 Å². The van der Waals surface area contributed by atoms with E-state index in [1.54, 1.807) is 6.07 Å². The van der Waals surface area contributed by atoms with Crippen LogP contribution in [0.25, 0.3) is 0 Å². The van der Waals surface area contributed by atoms with E-state index in [1.807, 2.05) is 0 Å². The van der Waals surface area contributed by atoms with Gasteiger partial charge in [-0.2, -0.15) is 0 Å². The SMILES string of the molecule is Cc1oc(CN(C)C(=O)CCc2ccccc2OC(F)(F)F)cc1C(=O)O. The minimum atomic E-state index is -4.81. The Labute approximate surface area is 153 Å². The molecule has 0 aliphatic carbocycles. The highest BCUT2D eigenvalue weighted by molar-refractivity contribution is 5.88. The maximum atomic E-state index is 12.4. The standard InChI is InChI=1S/C18H18F3NO5/c1-11-14(17(24)25)9-13(26-11)10-22(2)16(23)8-7-12-5-3-4-6-15(12)27-18(19,20)21/h3-6,9H,7-8,10H2,1-2H3,(H,24,25). The Balaban J connectivity index is 1.98. The van der Waals surface area contributed by atoms with Crippen LogP contribution in [0.15, 0.2) is 34.7 Å². The van der Waals surface area contributed by atoms with Crippen LogP contribution in [0.3, 0.4) is 0 Å². The number of carbonyl (C=O) groups excluding carboxylic acids is 1. The quantitative estimate of drug-likeness (QED) is 0.785. The van der Waals surface area contributed by atoms with Gasteiger partial charge in [-0.1, -0.05) is 18.2 Å². The molecule has 0 bridgehead atoms. The van der Waals surface area contributed by atoms with Crippen molar-refractivity contribution in [3.8, 4) is 5.75 Å². The Morgan fingerprint density at radius 3 is 2.52 bits per heavy atom. The summed E-state index contributed by atoms with van der Waals surface area (Å²) in [7, 11) is 1.50. The first kappa shape index (κ1) is 20.3. The Kier molecular flexibility index (Phi) is 6.14. The van der Waals surface area contributed by atoms with Gasteiger partial charge in [0, 0.05) is 13.5 Å². The van der Waals surface area contributed by atoms with Crippen molar-refractivity contribution in [2.75, 3.05) is 7.05 Å². The van der Waals surface area contributed by atoms with Crippen molar-refractivity contribution in [1.82, 2.24) is 4.90 Å². The number of carboxylic acid groups (broad SMARTS) is 1. The number of halogens is 3. The van der Waals surface area contributed by atoms with Crippen LogP contribution in [0.1, 0.15) is 33.9 Å². The highest BCUT2D eigenvalue weighted by atomic mass is 19.4. The number of alkyl halides is 3. The number of furan rings is 1. The van der Waals surface area contributed by atoms with Gasteiger partial charge >= 0.3 is 12.3 Å². The van der Waals surface area contributed by atoms with Crippen molar-refractivity contribution in [3.63, 3.8) is 0 Å². The minimum Gasteiger partial charge on any atom is -0.478 e. The number of carbonyl (C=O) groups is 2. The highest BCUT2D eigenvalue weighted by Crippen LogP contribution is 2.27. The first-order valence-corrected chi connectivity index (χ1v) is 7.97. The molecule has 1 amide bonds. The molecule has 0 unspecified atom stereocenters. The molecule has 0 atom stereocenters. The van der Waals surface area contributed by atoms with Gasteiger partial charge in [0.1, 0.15) is 22.8 Å². The van der Waals surface area contributed by atoms with Crippen LogP contribution < -0.4 is 4.74 Å². The summed E-state index contributed by atoms with van der Waals surface area (Å²) in [5.41, 5.74) is 0.280. The number of aryl methyl sites for hydroxylation is 2. The lowest BCUT2D eigenvalue weighted by Gasteiger charge is -2.17. The summed E-state index contributed by atoms with van der Waals surface area (Å²) in [6, 6.07) is 6.97. The number of ether oxygens (including phenoxy) is 1. The summed E-state index contributed by atoms with van der Waals surface area (Å²) in [6.07, 6.45) is -4.79. The molecule has 1 N–H and O–H groups in total. The van der Waals surface area contributed by atoms with Crippen LogP contribution >= 0.6 is 0 Å². The van der Waals surface area contributed by atoms with E-state index in [1.165, 1.54) is 43.1 Å². The van der Waals surface area contributed by atoms with Gasteiger partial charge in [-0.05, 0) is 31.0 Å². The second-order valence-corrected chi connectivity index (χ2v) is 5.89. The molecule has 0 fully saturated rings. The lowest BCUT2D eigenvalue weighted by atomic mass is 10.1. The van der Waals surface area contributed by atoms with Gasteiger partial charge < -0.3 is 19.2 Å². The number of rotatable bonds is 7. The Hall–Kier alpha value is -2.97. The van der Waals surface area contributed by atoms with Gasteiger partial charge in [0.25, 0.3) is 0 Å².